The second-order valence-electron chi connectivity index (χ2n) is 3.86. The molecular formula is C10H13Cl2N3O. The van der Waals surface area contributed by atoms with E-state index in [9.17, 15) is 0 Å². The molecule has 88 valence electrons. The third kappa shape index (κ3) is 2.75. The Morgan fingerprint density at radius 2 is 2.31 bits per heavy atom. The maximum atomic E-state index is 5.96. The second kappa shape index (κ2) is 5.17. The van der Waals surface area contributed by atoms with Gasteiger partial charge in [0.25, 0.3) is 0 Å². The van der Waals surface area contributed by atoms with Crippen LogP contribution in [-0.2, 0) is 4.74 Å². The Hall–Kier alpha value is -0.580. The van der Waals surface area contributed by atoms with Crippen molar-refractivity contribution in [3.8, 4) is 0 Å². The Bertz CT molecular complexity index is 369. The summed E-state index contributed by atoms with van der Waals surface area (Å²) in [5.41, 5.74) is 0.789. The van der Waals surface area contributed by atoms with Gasteiger partial charge in [-0.1, -0.05) is 23.2 Å². The van der Waals surface area contributed by atoms with Crippen LogP contribution in [0, 0.1) is 0 Å². The highest BCUT2D eigenvalue weighted by molar-refractivity contribution is 6.33. The van der Waals surface area contributed by atoms with Crippen LogP contribution >= 0.6 is 23.2 Å². The van der Waals surface area contributed by atoms with Crippen molar-refractivity contribution in [1.29, 1.82) is 0 Å². The van der Waals surface area contributed by atoms with Crippen molar-refractivity contribution in [2.45, 2.75) is 18.9 Å². The van der Waals surface area contributed by atoms with Crippen LogP contribution in [0.1, 0.15) is 12.8 Å². The van der Waals surface area contributed by atoms with E-state index in [4.69, 9.17) is 27.9 Å². The largest absolute Gasteiger partial charge is 0.376 e. The molecule has 0 spiro atoms. The van der Waals surface area contributed by atoms with Crippen molar-refractivity contribution >= 4 is 28.9 Å². The fourth-order valence-corrected chi connectivity index (χ4v) is 2.18. The molecule has 1 aliphatic rings. The first kappa shape index (κ1) is 11.9. The van der Waals surface area contributed by atoms with Crippen molar-refractivity contribution < 1.29 is 4.74 Å². The number of anilines is 1. The number of hydrogen-bond acceptors (Lipinski definition) is 4. The van der Waals surface area contributed by atoms with Gasteiger partial charge in [-0.05, 0) is 12.8 Å². The van der Waals surface area contributed by atoms with E-state index in [0.29, 0.717) is 10.3 Å². The smallest absolute Gasteiger partial charge is 0.175 e. The zero-order valence-corrected chi connectivity index (χ0v) is 10.5. The minimum absolute atomic E-state index is 0.271. The molecule has 1 unspecified atom stereocenters. The average Bonchev–Trinajstić information content (AvgIpc) is 2.74. The first-order valence-corrected chi connectivity index (χ1v) is 5.94. The van der Waals surface area contributed by atoms with Crippen molar-refractivity contribution in [1.82, 2.24) is 10.2 Å². The highest BCUT2D eigenvalue weighted by atomic mass is 35.5. The molecular weight excluding hydrogens is 249 g/mol. The summed E-state index contributed by atoms with van der Waals surface area (Å²) in [5.74, 6) is 0. The zero-order chi connectivity index (χ0) is 11.5. The van der Waals surface area contributed by atoms with E-state index in [0.717, 1.165) is 31.7 Å². The molecule has 1 fully saturated rings. The van der Waals surface area contributed by atoms with Crippen molar-refractivity contribution in [3.05, 3.63) is 16.4 Å². The van der Waals surface area contributed by atoms with Crippen LogP contribution in [0.15, 0.2) is 6.07 Å². The van der Waals surface area contributed by atoms with Gasteiger partial charge in [0.15, 0.2) is 10.3 Å². The van der Waals surface area contributed by atoms with Crippen molar-refractivity contribution in [3.63, 3.8) is 0 Å². The minimum Gasteiger partial charge on any atom is -0.376 e. The Labute approximate surface area is 105 Å². The monoisotopic (exact) mass is 261 g/mol. The van der Waals surface area contributed by atoms with E-state index in [2.05, 4.69) is 10.2 Å². The molecule has 6 heteroatoms. The summed E-state index contributed by atoms with van der Waals surface area (Å²) in [7, 11) is 1.95. The Kier molecular flexibility index (Phi) is 3.84. The Balaban J connectivity index is 2.07. The number of rotatable bonds is 3. The molecule has 0 saturated carbocycles. The summed E-state index contributed by atoms with van der Waals surface area (Å²) < 4.78 is 5.56. The molecule has 0 aliphatic carbocycles. The fraction of sp³-hybridized carbons (Fsp3) is 0.600. The fourth-order valence-electron chi connectivity index (χ4n) is 1.80. The topological polar surface area (TPSA) is 38.2 Å². The molecule has 2 heterocycles. The lowest BCUT2D eigenvalue weighted by molar-refractivity contribution is 0.116. The predicted molar refractivity (Wildman–Crippen MR) is 64.3 cm³/mol. The van der Waals surface area contributed by atoms with Crippen LogP contribution in [0.5, 0.6) is 0 Å². The summed E-state index contributed by atoms with van der Waals surface area (Å²) in [4.78, 5) is 2.00. The van der Waals surface area contributed by atoms with Crippen LogP contribution in [0.4, 0.5) is 5.69 Å². The summed E-state index contributed by atoms with van der Waals surface area (Å²) in [5, 5.41) is 8.17. The van der Waals surface area contributed by atoms with Crippen LogP contribution in [0.3, 0.4) is 0 Å². The van der Waals surface area contributed by atoms with Gasteiger partial charge < -0.3 is 9.64 Å². The SMILES string of the molecule is CN(CC1CCCO1)c1cc(Cl)nnc1Cl. The maximum absolute atomic E-state index is 5.96. The molecule has 4 nitrogen and oxygen atoms in total. The van der Waals surface area contributed by atoms with Crippen molar-refractivity contribution in [2.75, 3.05) is 25.1 Å². The summed E-state index contributed by atoms with van der Waals surface area (Å²) in [6, 6.07) is 1.71. The number of likely N-dealkylation sites (N-methyl/N-ethyl adjacent to an activating group) is 1. The van der Waals surface area contributed by atoms with Crippen LogP contribution in [0.2, 0.25) is 10.3 Å². The van der Waals surface area contributed by atoms with Gasteiger partial charge in [-0.25, -0.2) is 0 Å². The van der Waals surface area contributed by atoms with Gasteiger partial charge in [0.05, 0.1) is 11.8 Å². The number of nitrogens with zero attached hydrogens (tertiary/aromatic N) is 3. The molecule has 0 N–H and O–H groups in total. The van der Waals surface area contributed by atoms with Crippen LogP contribution in [-0.4, -0.2) is 36.5 Å². The number of halogens is 2. The van der Waals surface area contributed by atoms with Gasteiger partial charge in [0, 0.05) is 26.3 Å². The zero-order valence-electron chi connectivity index (χ0n) is 8.99. The first-order valence-electron chi connectivity index (χ1n) is 5.18. The highest BCUT2D eigenvalue weighted by Crippen LogP contribution is 2.25. The summed E-state index contributed by atoms with van der Waals surface area (Å²) >= 11 is 11.7. The minimum atomic E-state index is 0.271. The molecule has 16 heavy (non-hydrogen) atoms. The Morgan fingerprint density at radius 1 is 1.50 bits per heavy atom. The van der Waals surface area contributed by atoms with Crippen molar-refractivity contribution in [2.24, 2.45) is 0 Å². The summed E-state index contributed by atoms with van der Waals surface area (Å²) in [6.45, 7) is 1.64. The Morgan fingerprint density at radius 3 is 3.00 bits per heavy atom. The van der Waals surface area contributed by atoms with E-state index in [-0.39, 0.29) is 6.10 Å². The van der Waals surface area contributed by atoms with Gasteiger partial charge in [-0.2, -0.15) is 0 Å². The predicted octanol–water partition coefficient (Wildman–Crippen LogP) is 2.40. The van der Waals surface area contributed by atoms with E-state index < -0.39 is 0 Å². The standard InChI is InChI=1S/C10H13Cl2N3O/c1-15(6-7-3-2-4-16-7)8-5-9(11)13-14-10(8)12/h5,7H,2-4,6H2,1H3. The lowest BCUT2D eigenvalue weighted by Gasteiger charge is -2.22. The molecule has 0 aromatic carbocycles. The van der Waals surface area contributed by atoms with Gasteiger partial charge in [-0.3, -0.25) is 0 Å². The van der Waals surface area contributed by atoms with E-state index in [1.54, 1.807) is 6.07 Å². The first-order chi connectivity index (χ1) is 7.66. The molecule has 1 aliphatic heterocycles. The van der Waals surface area contributed by atoms with Gasteiger partial charge in [0.2, 0.25) is 0 Å². The van der Waals surface area contributed by atoms with Crippen LogP contribution < -0.4 is 4.90 Å². The average molecular weight is 262 g/mol. The van der Waals surface area contributed by atoms with Gasteiger partial charge >= 0.3 is 0 Å². The van der Waals surface area contributed by atoms with Gasteiger partial charge in [-0.15, -0.1) is 10.2 Å². The second-order valence-corrected chi connectivity index (χ2v) is 4.60. The number of aromatic nitrogens is 2. The molecule has 1 atom stereocenters. The van der Waals surface area contributed by atoms with Crippen LogP contribution in [0.25, 0.3) is 0 Å². The lowest BCUT2D eigenvalue weighted by Crippen LogP contribution is -2.28. The van der Waals surface area contributed by atoms with Gasteiger partial charge in [0.1, 0.15) is 0 Å². The van der Waals surface area contributed by atoms with E-state index in [1.807, 2.05) is 11.9 Å². The van der Waals surface area contributed by atoms with E-state index >= 15 is 0 Å². The number of hydrogen-bond donors (Lipinski definition) is 0. The molecule has 2 rings (SSSR count). The molecule has 1 aromatic heterocycles. The molecule has 1 saturated heterocycles. The maximum Gasteiger partial charge on any atom is 0.175 e. The molecule has 0 radical (unpaired) electrons. The third-order valence-corrected chi connectivity index (χ3v) is 3.07. The molecule has 0 bridgehead atoms. The quantitative estimate of drug-likeness (QED) is 0.838. The number of ether oxygens (including phenoxy) is 1. The highest BCUT2D eigenvalue weighted by Gasteiger charge is 2.19. The van der Waals surface area contributed by atoms with E-state index in [1.165, 1.54) is 0 Å². The summed E-state index contributed by atoms with van der Waals surface area (Å²) in [6.07, 6.45) is 2.49. The third-order valence-electron chi connectivity index (χ3n) is 2.61. The molecule has 0 amide bonds. The molecule has 1 aromatic rings. The lowest BCUT2D eigenvalue weighted by atomic mass is 10.2. The normalized spacial score (nSPS) is 20.1.